The lowest BCUT2D eigenvalue weighted by molar-refractivity contribution is -0.384. The van der Waals surface area contributed by atoms with Crippen molar-refractivity contribution >= 4 is 69.5 Å². The molecule has 0 spiro atoms. The first-order valence-electron chi connectivity index (χ1n) is 8.34. The summed E-state index contributed by atoms with van der Waals surface area (Å²) < 4.78 is 5.49. The molecule has 13 heteroatoms. The molecule has 1 saturated heterocycles. The normalized spacial score (nSPS) is 16.0. The number of carboxylic acids is 2. The number of halogens is 1. The van der Waals surface area contributed by atoms with E-state index in [2.05, 4.69) is 0 Å². The van der Waals surface area contributed by atoms with Crippen molar-refractivity contribution in [1.82, 2.24) is 4.90 Å². The second-order valence-corrected chi connectivity index (χ2v) is 8.24. The van der Waals surface area contributed by atoms with Crippen molar-refractivity contribution in [3.8, 4) is 11.3 Å². The van der Waals surface area contributed by atoms with Crippen LogP contribution in [-0.2, 0) is 14.4 Å². The Morgan fingerprint density at radius 1 is 1.32 bits per heavy atom. The van der Waals surface area contributed by atoms with Gasteiger partial charge in [-0.2, -0.15) is 0 Å². The van der Waals surface area contributed by atoms with E-state index in [9.17, 15) is 29.6 Å². The van der Waals surface area contributed by atoms with Crippen molar-refractivity contribution in [2.24, 2.45) is 0 Å². The number of nitro benzene ring substituents is 1. The standard InChI is InChI=1S/C18H11ClN2O8S2/c19-8-1-3-10(11(5-8)21(27)28)13-4-2-9(29-13)6-14-16(24)20(18(30)31-14)12(17(25)26)7-15(22)23/h1-6,12H,7H2,(H,22,23)(H,25,26)/b14-6-/t12-/m1/s1. The number of aliphatic carboxylic acids is 2. The fraction of sp³-hybridized carbons (Fsp3) is 0.111. The second-order valence-electron chi connectivity index (χ2n) is 6.12. The average molecular weight is 483 g/mol. The summed E-state index contributed by atoms with van der Waals surface area (Å²) >= 11 is 11.7. The van der Waals surface area contributed by atoms with Crippen LogP contribution in [0.5, 0.6) is 0 Å². The highest BCUT2D eigenvalue weighted by molar-refractivity contribution is 8.26. The largest absolute Gasteiger partial charge is 0.481 e. The van der Waals surface area contributed by atoms with Gasteiger partial charge in [0.2, 0.25) is 0 Å². The van der Waals surface area contributed by atoms with Gasteiger partial charge in [0.05, 0.1) is 21.8 Å². The molecule has 2 heterocycles. The summed E-state index contributed by atoms with van der Waals surface area (Å²) in [6.07, 6.45) is 0.477. The Morgan fingerprint density at radius 3 is 2.65 bits per heavy atom. The van der Waals surface area contributed by atoms with E-state index in [0.29, 0.717) is 0 Å². The average Bonchev–Trinajstić information content (AvgIpc) is 3.24. The predicted molar refractivity (Wildman–Crippen MR) is 114 cm³/mol. The van der Waals surface area contributed by atoms with Crippen LogP contribution in [0.15, 0.2) is 39.7 Å². The lowest BCUT2D eigenvalue weighted by Gasteiger charge is -2.21. The number of benzene rings is 1. The van der Waals surface area contributed by atoms with E-state index in [1.165, 1.54) is 36.4 Å². The molecule has 31 heavy (non-hydrogen) atoms. The molecule has 1 aromatic heterocycles. The van der Waals surface area contributed by atoms with Crippen molar-refractivity contribution in [3.63, 3.8) is 0 Å². The monoisotopic (exact) mass is 482 g/mol. The summed E-state index contributed by atoms with van der Waals surface area (Å²) in [5, 5.41) is 29.7. The van der Waals surface area contributed by atoms with E-state index in [-0.39, 0.29) is 37.0 Å². The third kappa shape index (κ3) is 4.76. The maximum atomic E-state index is 12.7. The van der Waals surface area contributed by atoms with E-state index in [1.807, 2.05) is 0 Å². The van der Waals surface area contributed by atoms with Crippen LogP contribution in [-0.4, -0.2) is 48.2 Å². The number of thiocarbonyl (C=S) groups is 1. The minimum absolute atomic E-state index is 0.0214. The summed E-state index contributed by atoms with van der Waals surface area (Å²) in [5.41, 5.74) is -0.0910. The molecular formula is C18H11ClN2O8S2. The SMILES string of the molecule is O=C(O)C[C@H](C(=O)O)N1C(=O)/C(=C/c2ccc(-c3ccc(Cl)cc3[N+](=O)[O-])o2)SC1=S. The van der Waals surface area contributed by atoms with E-state index in [0.717, 1.165) is 16.7 Å². The molecule has 0 unspecified atom stereocenters. The Hall–Kier alpha value is -3.22. The van der Waals surface area contributed by atoms with Crippen molar-refractivity contribution in [2.75, 3.05) is 0 Å². The van der Waals surface area contributed by atoms with Gasteiger partial charge >= 0.3 is 11.9 Å². The minimum Gasteiger partial charge on any atom is -0.481 e. The lowest BCUT2D eigenvalue weighted by Crippen LogP contribution is -2.45. The van der Waals surface area contributed by atoms with Gasteiger partial charge in [-0.1, -0.05) is 35.6 Å². The number of hydrogen-bond donors (Lipinski definition) is 2. The van der Waals surface area contributed by atoms with Crippen LogP contribution in [0.2, 0.25) is 5.02 Å². The van der Waals surface area contributed by atoms with E-state index < -0.39 is 35.2 Å². The molecule has 0 radical (unpaired) electrons. The molecular weight excluding hydrogens is 472 g/mol. The van der Waals surface area contributed by atoms with Crippen LogP contribution in [0.25, 0.3) is 17.4 Å². The topological polar surface area (TPSA) is 151 Å². The number of carbonyl (C=O) groups excluding carboxylic acids is 1. The number of nitro groups is 1. The van der Waals surface area contributed by atoms with E-state index in [1.54, 1.807) is 0 Å². The van der Waals surface area contributed by atoms with Crippen molar-refractivity contribution in [2.45, 2.75) is 12.5 Å². The number of rotatable bonds is 7. The molecule has 1 amide bonds. The molecule has 3 rings (SSSR count). The second kappa shape index (κ2) is 8.88. The van der Waals surface area contributed by atoms with Gasteiger partial charge in [0.1, 0.15) is 21.9 Å². The van der Waals surface area contributed by atoms with Crippen molar-refractivity contribution in [3.05, 3.63) is 56.1 Å². The van der Waals surface area contributed by atoms with Crippen LogP contribution < -0.4 is 0 Å². The smallest absolute Gasteiger partial charge is 0.327 e. The van der Waals surface area contributed by atoms with Gasteiger partial charge < -0.3 is 14.6 Å². The summed E-state index contributed by atoms with van der Waals surface area (Å²) in [5.74, 6) is -3.37. The molecule has 1 aliphatic heterocycles. The number of amides is 1. The third-order valence-electron chi connectivity index (χ3n) is 4.11. The zero-order chi connectivity index (χ0) is 22.9. The Kier molecular flexibility index (Phi) is 6.43. The maximum absolute atomic E-state index is 12.7. The Bertz CT molecular complexity index is 1160. The van der Waals surface area contributed by atoms with Gasteiger partial charge in [0.25, 0.3) is 11.6 Å². The first-order valence-corrected chi connectivity index (χ1v) is 9.94. The molecule has 1 aliphatic rings. The van der Waals surface area contributed by atoms with Gasteiger partial charge in [0, 0.05) is 17.2 Å². The molecule has 10 nitrogen and oxygen atoms in total. The number of hydrogen-bond acceptors (Lipinski definition) is 8. The quantitative estimate of drug-likeness (QED) is 0.259. The molecule has 1 fully saturated rings. The van der Waals surface area contributed by atoms with Crippen LogP contribution in [0.3, 0.4) is 0 Å². The molecule has 2 N–H and O–H groups in total. The van der Waals surface area contributed by atoms with Gasteiger partial charge in [-0.3, -0.25) is 24.6 Å². The van der Waals surface area contributed by atoms with Crippen LogP contribution in [0.4, 0.5) is 5.69 Å². The molecule has 1 aromatic carbocycles. The van der Waals surface area contributed by atoms with Crippen LogP contribution in [0, 0.1) is 10.1 Å². The highest BCUT2D eigenvalue weighted by Gasteiger charge is 2.41. The highest BCUT2D eigenvalue weighted by Crippen LogP contribution is 2.37. The predicted octanol–water partition coefficient (Wildman–Crippen LogP) is 3.64. The molecule has 0 bridgehead atoms. The number of carboxylic acid groups (broad SMARTS) is 2. The number of nitrogens with zero attached hydrogens (tertiary/aromatic N) is 2. The van der Waals surface area contributed by atoms with Crippen LogP contribution in [0.1, 0.15) is 12.2 Å². The van der Waals surface area contributed by atoms with Crippen molar-refractivity contribution in [1.29, 1.82) is 0 Å². The number of furan rings is 1. The van der Waals surface area contributed by atoms with Gasteiger partial charge in [-0.05, 0) is 24.3 Å². The van der Waals surface area contributed by atoms with E-state index >= 15 is 0 Å². The lowest BCUT2D eigenvalue weighted by atomic mass is 10.1. The summed E-state index contributed by atoms with van der Waals surface area (Å²) in [6.45, 7) is 0. The minimum atomic E-state index is -1.65. The Labute approximate surface area is 188 Å². The first-order chi connectivity index (χ1) is 14.6. The fourth-order valence-corrected chi connectivity index (χ4v) is 4.27. The Balaban J connectivity index is 1.91. The van der Waals surface area contributed by atoms with Gasteiger partial charge in [-0.25, -0.2) is 4.79 Å². The zero-order valence-corrected chi connectivity index (χ0v) is 17.6. The summed E-state index contributed by atoms with van der Waals surface area (Å²) in [4.78, 5) is 46.5. The fourth-order valence-electron chi connectivity index (χ4n) is 2.77. The highest BCUT2D eigenvalue weighted by atomic mass is 35.5. The molecule has 0 saturated carbocycles. The molecule has 0 aliphatic carbocycles. The zero-order valence-electron chi connectivity index (χ0n) is 15.2. The molecule has 1 atom stereocenters. The third-order valence-corrected chi connectivity index (χ3v) is 5.68. The summed E-state index contributed by atoms with van der Waals surface area (Å²) in [7, 11) is 0. The van der Waals surface area contributed by atoms with Crippen molar-refractivity contribution < 1.29 is 33.9 Å². The van der Waals surface area contributed by atoms with Gasteiger partial charge in [0.15, 0.2) is 0 Å². The first kappa shape index (κ1) is 22.5. The van der Waals surface area contributed by atoms with Gasteiger partial charge in [-0.15, -0.1) is 0 Å². The number of thioether (sulfide) groups is 1. The number of carbonyl (C=O) groups is 3. The van der Waals surface area contributed by atoms with Crippen LogP contribution >= 0.6 is 35.6 Å². The Morgan fingerprint density at radius 2 is 2.03 bits per heavy atom. The molecule has 2 aromatic rings. The van der Waals surface area contributed by atoms with E-state index in [4.69, 9.17) is 33.3 Å². The summed E-state index contributed by atoms with van der Waals surface area (Å²) in [6, 6.07) is 5.34. The maximum Gasteiger partial charge on any atom is 0.327 e. The molecule has 160 valence electrons.